The number of aliphatic carboxylic acids is 1. The van der Waals surface area contributed by atoms with Crippen molar-refractivity contribution in [3.8, 4) is 0 Å². The molecule has 6 heteroatoms. The molecule has 20 heavy (non-hydrogen) atoms. The highest BCUT2D eigenvalue weighted by Crippen LogP contribution is 2.11. The van der Waals surface area contributed by atoms with Gasteiger partial charge in [-0.3, -0.25) is 9.69 Å². The molecular formula is C14H22N2O4. The molecule has 0 aliphatic rings. The van der Waals surface area contributed by atoms with Crippen LogP contribution in [-0.2, 0) is 11.3 Å². The summed E-state index contributed by atoms with van der Waals surface area (Å²) in [6.45, 7) is 8.24. The molecule has 1 heterocycles. The summed E-state index contributed by atoms with van der Waals surface area (Å²) in [5.41, 5.74) is 0. The van der Waals surface area contributed by atoms with Crippen molar-refractivity contribution in [3.05, 3.63) is 23.7 Å². The van der Waals surface area contributed by atoms with Gasteiger partial charge in [0, 0.05) is 0 Å². The van der Waals surface area contributed by atoms with Gasteiger partial charge in [-0.2, -0.15) is 0 Å². The van der Waals surface area contributed by atoms with Crippen LogP contribution in [0.2, 0.25) is 0 Å². The summed E-state index contributed by atoms with van der Waals surface area (Å²) in [5, 5.41) is 11.3. The molecule has 0 saturated carbocycles. The highest BCUT2D eigenvalue weighted by molar-refractivity contribution is 5.94. The number of hydrogen-bond acceptors (Lipinski definition) is 4. The zero-order valence-electron chi connectivity index (χ0n) is 12.2. The lowest BCUT2D eigenvalue weighted by atomic mass is 10.2. The minimum atomic E-state index is -1.05. The van der Waals surface area contributed by atoms with Crippen molar-refractivity contribution in [2.45, 2.75) is 39.8 Å². The molecule has 0 fully saturated rings. The molecule has 0 bridgehead atoms. The number of carbonyl (C=O) groups is 2. The van der Waals surface area contributed by atoms with Crippen LogP contribution in [0.3, 0.4) is 0 Å². The second-order valence-corrected chi connectivity index (χ2v) is 4.50. The van der Waals surface area contributed by atoms with Crippen molar-refractivity contribution in [1.29, 1.82) is 0 Å². The van der Waals surface area contributed by atoms with Crippen molar-refractivity contribution >= 4 is 11.9 Å². The molecule has 1 atom stereocenters. The third kappa shape index (κ3) is 4.38. The first-order valence-corrected chi connectivity index (χ1v) is 6.86. The number of nitrogens with one attached hydrogen (secondary N) is 1. The summed E-state index contributed by atoms with van der Waals surface area (Å²) in [5.74, 6) is -0.699. The SMILES string of the molecule is CC[C@@H](NC(=O)c1ccc(CN(CC)CC)o1)C(=O)O. The summed E-state index contributed by atoms with van der Waals surface area (Å²) in [6, 6.07) is 2.43. The van der Waals surface area contributed by atoms with Gasteiger partial charge in [0.2, 0.25) is 0 Å². The molecule has 0 unspecified atom stereocenters. The van der Waals surface area contributed by atoms with Gasteiger partial charge in [0.05, 0.1) is 6.54 Å². The van der Waals surface area contributed by atoms with E-state index in [9.17, 15) is 9.59 Å². The van der Waals surface area contributed by atoms with Crippen LogP contribution in [0.5, 0.6) is 0 Å². The number of hydrogen-bond donors (Lipinski definition) is 2. The largest absolute Gasteiger partial charge is 0.480 e. The van der Waals surface area contributed by atoms with Crippen LogP contribution in [0.15, 0.2) is 16.5 Å². The number of carbonyl (C=O) groups excluding carboxylic acids is 1. The number of rotatable bonds is 8. The van der Waals surface area contributed by atoms with Gasteiger partial charge in [0.1, 0.15) is 11.8 Å². The molecule has 0 saturated heterocycles. The minimum absolute atomic E-state index is 0.145. The Labute approximate surface area is 118 Å². The topological polar surface area (TPSA) is 82.8 Å². The molecule has 6 nitrogen and oxygen atoms in total. The second kappa shape index (κ2) is 7.69. The van der Waals surface area contributed by atoms with Crippen molar-refractivity contribution in [2.75, 3.05) is 13.1 Å². The molecule has 1 aromatic rings. The lowest BCUT2D eigenvalue weighted by Crippen LogP contribution is -2.40. The van der Waals surface area contributed by atoms with Gasteiger partial charge in [0.15, 0.2) is 5.76 Å². The van der Waals surface area contributed by atoms with E-state index in [1.54, 1.807) is 19.1 Å². The Bertz CT molecular complexity index is 452. The van der Waals surface area contributed by atoms with Crippen molar-refractivity contribution in [1.82, 2.24) is 10.2 Å². The van der Waals surface area contributed by atoms with Gasteiger partial charge in [-0.05, 0) is 31.6 Å². The van der Waals surface area contributed by atoms with E-state index in [0.29, 0.717) is 18.7 Å². The molecule has 0 radical (unpaired) electrons. The van der Waals surface area contributed by atoms with Crippen LogP contribution in [0.1, 0.15) is 43.5 Å². The zero-order chi connectivity index (χ0) is 15.1. The quantitative estimate of drug-likeness (QED) is 0.758. The lowest BCUT2D eigenvalue weighted by molar-refractivity contribution is -0.139. The average molecular weight is 282 g/mol. The monoisotopic (exact) mass is 282 g/mol. The Hall–Kier alpha value is -1.82. The van der Waals surface area contributed by atoms with Crippen LogP contribution < -0.4 is 5.32 Å². The smallest absolute Gasteiger partial charge is 0.326 e. The molecule has 112 valence electrons. The van der Waals surface area contributed by atoms with E-state index in [1.807, 2.05) is 0 Å². The van der Waals surface area contributed by atoms with Crippen molar-refractivity contribution in [3.63, 3.8) is 0 Å². The van der Waals surface area contributed by atoms with Crippen LogP contribution >= 0.6 is 0 Å². The molecule has 0 aliphatic carbocycles. The van der Waals surface area contributed by atoms with E-state index < -0.39 is 17.9 Å². The van der Waals surface area contributed by atoms with Gasteiger partial charge in [-0.1, -0.05) is 20.8 Å². The second-order valence-electron chi connectivity index (χ2n) is 4.50. The third-order valence-electron chi connectivity index (χ3n) is 3.17. The Kier molecular flexibility index (Phi) is 6.24. The predicted octanol–water partition coefficient (Wildman–Crippen LogP) is 1.71. The third-order valence-corrected chi connectivity index (χ3v) is 3.17. The number of amides is 1. The summed E-state index contributed by atoms with van der Waals surface area (Å²) < 4.78 is 5.46. The Morgan fingerprint density at radius 2 is 1.95 bits per heavy atom. The first-order valence-electron chi connectivity index (χ1n) is 6.86. The highest BCUT2D eigenvalue weighted by Gasteiger charge is 2.20. The van der Waals surface area contributed by atoms with E-state index in [2.05, 4.69) is 24.1 Å². The maximum Gasteiger partial charge on any atom is 0.326 e. The van der Waals surface area contributed by atoms with E-state index >= 15 is 0 Å². The van der Waals surface area contributed by atoms with Crippen molar-refractivity contribution < 1.29 is 19.1 Å². The van der Waals surface area contributed by atoms with Gasteiger partial charge in [-0.25, -0.2) is 4.79 Å². The average Bonchev–Trinajstić information content (AvgIpc) is 2.90. The first kappa shape index (κ1) is 16.2. The predicted molar refractivity (Wildman–Crippen MR) is 74.5 cm³/mol. The molecule has 1 amide bonds. The fourth-order valence-corrected chi connectivity index (χ4v) is 1.82. The normalized spacial score (nSPS) is 12.4. The molecule has 0 spiro atoms. The zero-order valence-corrected chi connectivity index (χ0v) is 12.2. The maximum atomic E-state index is 11.9. The van der Waals surface area contributed by atoms with Crippen molar-refractivity contribution in [2.24, 2.45) is 0 Å². The van der Waals surface area contributed by atoms with E-state index in [-0.39, 0.29) is 5.76 Å². The Morgan fingerprint density at radius 3 is 2.45 bits per heavy atom. The van der Waals surface area contributed by atoms with Crippen LogP contribution in [0.4, 0.5) is 0 Å². The lowest BCUT2D eigenvalue weighted by Gasteiger charge is -2.15. The summed E-state index contributed by atoms with van der Waals surface area (Å²) in [6.07, 6.45) is 0.327. The first-order chi connectivity index (χ1) is 9.51. The highest BCUT2D eigenvalue weighted by atomic mass is 16.4. The number of nitrogens with zero attached hydrogens (tertiary/aromatic N) is 1. The summed E-state index contributed by atoms with van der Waals surface area (Å²) in [4.78, 5) is 24.9. The summed E-state index contributed by atoms with van der Waals surface area (Å²) in [7, 11) is 0. The van der Waals surface area contributed by atoms with Crippen LogP contribution in [0, 0.1) is 0 Å². The van der Waals surface area contributed by atoms with E-state index in [0.717, 1.165) is 13.1 Å². The van der Waals surface area contributed by atoms with Crippen LogP contribution in [-0.4, -0.2) is 41.0 Å². The number of carboxylic acids is 1. The molecule has 1 rings (SSSR count). The van der Waals surface area contributed by atoms with E-state index in [4.69, 9.17) is 9.52 Å². The Morgan fingerprint density at radius 1 is 1.30 bits per heavy atom. The summed E-state index contributed by atoms with van der Waals surface area (Å²) >= 11 is 0. The number of furan rings is 1. The minimum Gasteiger partial charge on any atom is -0.480 e. The Balaban J connectivity index is 2.66. The number of carboxylic acid groups (broad SMARTS) is 1. The van der Waals surface area contributed by atoms with E-state index in [1.165, 1.54) is 0 Å². The van der Waals surface area contributed by atoms with Gasteiger partial charge < -0.3 is 14.8 Å². The molecule has 2 N–H and O–H groups in total. The molecule has 0 aliphatic heterocycles. The maximum absolute atomic E-state index is 11.9. The molecular weight excluding hydrogens is 260 g/mol. The molecule has 1 aromatic heterocycles. The van der Waals surface area contributed by atoms with Gasteiger partial charge in [-0.15, -0.1) is 0 Å². The van der Waals surface area contributed by atoms with Crippen LogP contribution in [0.25, 0.3) is 0 Å². The van der Waals surface area contributed by atoms with Gasteiger partial charge in [0.25, 0.3) is 5.91 Å². The fourth-order valence-electron chi connectivity index (χ4n) is 1.82. The molecule has 0 aromatic carbocycles. The van der Waals surface area contributed by atoms with Gasteiger partial charge >= 0.3 is 5.97 Å². The fraction of sp³-hybridized carbons (Fsp3) is 0.571. The standard InChI is InChI=1S/C14H22N2O4/c1-4-11(14(18)19)15-13(17)12-8-7-10(20-12)9-16(5-2)6-3/h7-8,11H,4-6,9H2,1-3H3,(H,15,17)(H,18,19)/t11-/m1/s1.